The molecule has 7 nitrogen and oxygen atoms in total. The molecule has 7 heteroatoms. The quantitative estimate of drug-likeness (QED) is 0.678. The van der Waals surface area contributed by atoms with Crippen LogP contribution < -0.4 is 14.8 Å². The number of hydrogen-bond donors (Lipinski definition) is 2. The number of rotatable bonds is 10. The van der Waals surface area contributed by atoms with Crippen molar-refractivity contribution in [1.29, 1.82) is 0 Å². The lowest BCUT2D eigenvalue weighted by molar-refractivity contribution is -0.145. The predicted octanol–water partition coefficient (Wildman–Crippen LogP) is 2.09. The van der Waals surface area contributed by atoms with Gasteiger partial charge in [-0.3, -0.25) is 4.79 Å². The highest BCUT2D eigenvalue weighted by Gasteiger charge is 2.35. The normalized spacial score (nSPS) is 13.0. The number of carboxylic acids is 1. The average molecular weight is 339 g/mol. The van der Waals surface area contributed by atoms with Gasteiger partial charge in [0.15, 0.2) is 17.0 Å². The van der Waals surface area contributed by atoms with E-state index in [9.17, 15) is 14.7 Å². The number of amides is 1. The lowest BCUT2D eigenvalue weighted by Crippen LogP contribution is -2.55. The fraction of sp³-hybridized carbons (Fsp3) is 0.529. The van der Waals surface area contributed by atoms with Gasteiger partial charge >= 0.3 is 5.97 Å². The third-order valence-corrected chi connectivity index (χ3v) is 3.26. The summed E-state index contributed by atoms with van der Waals surface area (Å²) in [4.78, 5) is 23.8. The molecule has 2 N–H and O–H groups in total. The highest BCUT2D eigenvalue weighted by atomic mass is 16.5. The first-order chi connectivity index (χ1) is 11.4. The van der Waals surface area contributed by atoms with Crippen LogP contribution in [0, 0.1) is 0 Å². The lowest BCUT2D eigenvalue weighted by atomic mass is 10.0. The van der Waals surface area contributed by atoms with E-state index in [1.807, 2.05) is 13.8 Å². The van der Waals surface area contributed by atoms with Crippen LogP contribution in [0.5, 0.6) is 11.5 Å². The van der Waals surface area contributed by atoms with Gasteiger partial charge in [0.05, 0.1) is 19.8 Å². The molecule has 0 heterocycles. The number of carbonyl (C=O) groups is 2. The molecule has 0 bridgehead atoms. The van der Waals surface area contributed by atoms with Gasteiger partial charge < -0.3 is 24.6 Å². The number of carboxylic acid groups (broad SMARTS) is 1. The second-order valence-electron chi connectivity index (χ2n) is 5.47. The average Bonchev–Trinajstić information content (AvgIpc) is 2.53. The monoisotopic (exact) mass is 339 g/mol. The Morgan fingerprint density at radius 2 is 1.92 bits per heavy atom. The molecule has 1 aromatic carbocycles. The molecule has 0 aliphatic rings. The van der Waals surface area contributed by atoms with Crippen LogP contribution in [0.25, 0.3) is 0 Å². The largest absolute Gasteiger partial charge is 0.490 e. The Balaban J connectivity index is 3.01. The van der Waals surface area contributed by atoms with Crippen LogP contribution in [-0.4, -0.2) is 49.5 Å². The van der Waals surface area contributed by atoms with Crippen molar-refractivity contribution in [2.75, 3.05) is 26.9 Å². The third kappa shape index (κ3) is 5.13. The Hall–Kier alpha value is -2.28. The van der Waals surface area contributed by atoms with E-state index in [2.05, 4.69) is 5.32 Å². The Labute approximate surface area is 141 Å². The molecule has 0 fully saturated rings. The second kappa shape index (κ2) is 9.12. The summed E-state index contributed by atoms with van der Waals surface area (Å²) in [5.74, 6) is -0.707. The van der Waals surface area contributed by atoms with Crippen molar-refractivity contribution in [3.05, 3.63) is 23.8 Å². The number of carbonyl (C=O) groups excluding carboxylic acids is 1. The van der Waals surface area contributed by atoms with Crippen LogP contribution in [-0.2, 0) is 9.53 Å². The summed E-state index contributed by atoms with van der Waals surface area (Å²) in [6.07, 6.45) is 0.849. The van der Waals surface area contributed by atoms with Gasteiger partial charge in [0.1, 0.15) is 0 Å². The topological polar surface area (TPSA) is 94.1 Å². The first-order valence-electron chi connectivity index (χ1n) is 7.82. The molecular weight excluding hydrogens is 314 g/mol. The molecule has 0 aromatic heterocycles. The van der Waals surface area contributed by atoms with Crippen molar-refractivity contribution in [3.8, 4) is 11.5 Å². The van der Waals surface area contributed by atoms with E-state index < -0.39 is 17.4 Å². The summed E-state index contributed by atoms with van der Waals surface area (Å²) in [5, 5.41) is 11.8. The van der Waals surface area contributed by atoms with Gasteiger partial charge in [-0.25, -0.2) is 4.79 Å². The molecule has 1 atom stereocenters. The van der Waals surface area contributed by atoms with E-state index in [1.165, 1.54) is 14.0 Å². The molecule has 0 aliphatic heterocycles. The van der Waals surface area contributed by atoms with Crippen molar-refractivity contribution in [3.63, 3.8) is 0 Å². The van der Waals surface area contributed by atoms with Crippen LogP contribution in [0.4, 0.5) is 0 Å². The maximum absolute atomic E-state index is 12.4. The molecular formula is C17H25NO6. The highest BCUT2D eigenvalue weighted by molar-refractivity contribution is 5.98. The van der Waals surface area contributed by atoms with E-state index in [4.69, 9.17) is 14.2 Å². The molecule has 0 radical (unpaired) electrons. The van der Waals surface area contributed by atoms with Crippen molar-refractivity contribution < 1.29 is 28.9 Å². The van der Waals surface area contributed by atoms with Crippen LogP contribution in [0.2, 0.25) is 0 Å². The van der Waals surface area contributed by atoms with Gasteiger partial charge in [-0.2, -0.15) is 0 Å². The molecule has 1 unspecified atom stereocenters. The maximum atomic E-state index is 12.4. The van der Waals surface area contributed by atoms with Gasteiger partial charge in [-0.15, -0.1) is 0 Å². The molecule has 0 spiro atoms. The smallest absolute Gasteiger partial charge is 0.331 e. The first-order valence-corrected chi connectivity index (χ1v) is 7.82. The SMILES string of the molecule is CCCOc1ccc(C(=O)NC(C)(COC)C(=O)O)cc1OCC. The standard InChI is InChI=1S/C17H25NO6/c1-5-9-24-13-8-7-12(10-14(13)23-6-2)15(19)18-17(3,11-22-4)16(20)21/h7-8,10H,5-6,9,11H2,1-4H3,(H,18,19)(H,20,21). The Kier molecular flexibility index (Phi) is 7.51. The van der Waals surface area contributed by atoms with Crippen molar-refractivity contribution >= 4 is 11.9 Å². The van der Waals surface area contributed by atoms with Gasteiger partial charge in [0, 0.05) is 12.7 Å². The van der Waals surface area contributed by atoms with Crippen LogP contribution in [0.3, 0.4) is 0 Å². The Morgan fingerprint density at radius 1 is 1.21 bits per heavy atom. The maximum Gasteiger partial charge on any atom is 0.331 e. The summed E-state index contributed by atoms with van der Waals surface area (Å²) in [6, 6.07) is 4.75. The fourth-order valence-electron chi connectivity index (χ4n) is 2.01. The van der Waals surface area contributed by atoms with Crippen LogP contribution in [0.15, 0.2) is 18.2 Å². The van der Waals surface area contributed by atoms with Gasteiger partial charge in [-0.1, -0.05) is 6.92 Å². The number of ether oxygens (including phenoxy) is 3. The fourth-order valence-corrected chi connectivity index (χ4v) is 2.01. The van der Waals surface area contributed by atoms with E-state index in [0.717, 1.165) is 6.42 Å². The zero-order chi connectivity index (χ0) is 18.2. The third-order valence-electron chi connectivity index (χ3n) is 3.26. The minimum absolute atomic E-state index is 0.149. The molecule has 1 rings (SSSR count). The summed E-state index contributed by atoms with van der Waals surface area (Å²) < 4.78 is 16.0. The van der Waals surface area contributed by atoms with Gasteiger partial charge in [0.2, 0.25) is 0 Å². The molecule has 0 saturated carbocycles. The number of benzene rings is 1. The zero-order valence-corrected chi connectivity index (χ0v) is 14.5. The second-order valence-corrected chi connectivity index (χ2v) is 5.47. The van der Waals surface area contributed by atoms with Crippen LogP contribution in [0.1, 0.15) is 37.6 Å². The lowest BCUT2D eigenvalue weighted by Gasteiger charge is -2.25. The number of methoxy groups -OCH3 is 1. The highest BCUT2D eigenvalue weighted by Crippen LogP contribution is 2.29. The predicted molar refractivity (Wildman–Crippen MR) is 88.8 cm³/mol. The number of nitrogens with one attached hydrogen (secondary N) is 1. The number of hydrogen-bond acceptors (Lipinski definition) is 5. The molecule has 0 aliphatic carbocycles. The molecule has 134 valence electrons. The minimum Gasteiger partial charge on any atom is -0.490 e. The van der Waals surface area contributed by atoms with E-state index >= 15 is 0 Å². The first kappa shape index (κ1) is 19.8. The van der Waals surface area contributed by atoms with E-state index in [0.29, 0.717) is 24.7 Å². The Bertz CT molecular complexity index is 574. The molecule has 24 heavy (non-hydrogen) atoms. The summed E-state index contributed by atoms with van der Waals surface area (Å²) >= 11 is 0. The van der Waals surface area contributed by atoms with E-state index in [1.54, 1.807) is 18.2 Å². The summed E-state index contributed by atoms with van der Waals surface area (Å²) in [7, 11) is 1.38. The Morgan fingerprint density at radius 3 is 2.46 bits per heavy atom. The van der Waals surface area contributed by atoms with Crippen LogP contribution >= 0.6 is 0 Å². The number of aliphatic carboxylic acids is 1. The minimum atomic E-state index is -1.52. The van der Waals surface area contributed by atoms with Crippen molar-refractivity contribution in [2.45, 2.75) is 32.7 Å². The summed E-state index contributed by atoms with van der Waals surface area (Å²) in [6.45, 7) is 6.02. The molecule has 0 saturated heterocycles. The van der Waals surface area contributed by atoms with Gasteiger partial charge in [0.25, 0.3) is 5.91 Å². The molecule has 1 aromatic rings. The molecule has 1 amide bonds. The van der Waals surface area contributed by atoms with Gasteiger partial charge in [-0.05, 0) is 38.5 Å². The van der Waals surface area contributed by atoms with Crippen molar-refractivity contribution in [1.82, 2.24) is 5.32 Å². The summed E-state index contributed by atoms with van der Waals surface area (Å²) in [5.41, 5.74) is -1.24. The van der Waals surface area contributed by atoms with Crippen molar-refractivity contribution in [2.24, 2.45) is 0 Å². The van der Waals surface area contributed by atoms with E-state index in [-0.39, 0.29) is 12.2 Å². The zero-order valence-electron chi connectivity index (χ0n) is 14.5.